The number of aromatic nitrogens is 2. The molecule has 0 aromatic carbocycles. The standard InChI is InChI=1S/C12H19N3O/c1-7(13-12(16)10-5-6-10)11-8(2)14-15(4)9(11)3/h7,10H,5-6H2,1-4H3,(H,13,16)/t7-/m0/s1. The lowest BCUT2D eigenvalue weighted by Crippen LogP contribution is -2.28. The second-order valence-electron chi connectivity index (χ2n) is 4.71. The fraction of sp³-hybridized carbons (Fsp3) is 0.667. The molecule has 0 bridgehead atoms. The molecule has 1 aromatic heterocycles. The van der Waals surface area contributed by atoms with E-state index in [1.807, 2.05) is 32.5 Å². The van der Waals surface area contributed by atoms with Gasteiger partial charge in [0.1, 0.15) is 0 Å². The molecule has 1 aromatic rings. The van der Waals surface area contributed by atoms with Crippen molar-refractivity contribution in [3.05, 3.63) is 17.0 Å². The summed E-state index contributed by atoms with van der Waals surface area (Å²) in [5.74, 6) is 0.454. The molecule has 4 heteroatoms. The Morgan fingerprint density at radius 2 is 2.12 bits per heavy atom. The van der Waals surface area contributed by atoms with Crippen molar-refractivity contribution in [2.45, 2.75) is 39.7 Å². The summed E-state index contributed by atoms with van der Waals surface area (Å²) in [6.07, 6.45) is 2.09. The van der Waals surface area contributed by atoms with Gasteiger partial charge >= 0.3 is 0 Å². The zero-order chi connectivity index (χ0) is 11.9. The quantitative estimate of drug-likeness (QED) is 0.843. The predicted molar refractivity (Wildman–Crippen MR) is 62.0 cm³/mol. The molecule has 0 unspecified atom stereocenters. The number of nitrogens with zero attached hydrogens (tertiary/aromatic N) is 2. The van der Waals surface area contributed by atoms with Crippen LogP contribution in [-0.2, 0) is 11.8 Å². The summed E-state index contributed by atoms with van der Waals surface area (Å²) in [5, 5.41) is 7.43. The van der Waals surface area contributed by atoms with E-state index in [-0.39, 0.29) is 17.9 Å². The molecular formula is C12H19N3O. The Kier molecular flexibility index (Phi) is 2.74. The predicted octanol–water partition coefficient (Wildman–Crippen LogP) is 1.62. The van der Waals surface area contributed by atoms with Gasteiger partial charge in [-0.3, -0.25) is 9.48 Å². The highest BCUT2D eigenvalue weighted by molar-refractivity contribution is 5.81. The Morgan fingerprint density at radius 3 is 2.56 bits per heavy atom. The van der Waals surface area contributed by atoms with E-state index >= 15 is 0 Å². The topological polar surface area (TPSA) is 46.9 Å². The lowest BCUT2D eigenvalue weighted by molar-refractivity contribution is -0.122. The summed E-state index contributed by atoms with van der Waals surface area (Å²) in [5.41, 5.74) is 3.28. The molecule has 0 spiro atoms. The Bertz CT molecular complexity index is 418. The van der Waals surface area contributed by atoms with Crippen molar-refractivity contribution in [1.82, 2.24) is 15.1 Å². The molecule has 88 valence electrons. The molecule has 1 saturated carbocycles. The van der Waals surface area contributed by atoms with E-state index in [2.05, 4.69) is 10.4 Å². The Balaban J connectivity index is 2.13. The summed E-state index contributed by atoms with van der Waals surface area (Å²) in [4.78, 5) is 11.7. The van der Waals surface area contributed by atoms with Crippen LogP contribution >= 0.6 is 0 Å². The van der Waals surface area contributed by atoms with E-state index in [9.17, 15) is 4.79 Å². The normalized spacial score (nSPS) is 17.2. The molecular weight excluding hydrogens is 202 g/mol. The smallest absolute Gasteiger partial charge is 0.223 e. The van der Waals surface area contributed by atoms with E-state index in [1.165, 1.54) is 0 Å². The third-order valence-electron chi connectivity index (χ3n) is 3.30. The van der Waals surface area contributed by atoms with Gasteiger partial charge in [-0.2, -0.15) is 5.10 Å². The van der Waals surface area contributed by atoms with Crippen molar-refractivity contribution in [1.29, 1.82) is 0 Å². The Hall–Kier alpha value is -1.32. The van der Waals surface area contributed by atoms with Gasteiger partial charge in [-0.25, -0.2) is 0 Å². The molecule has 16 heavy (non-hydrogen) atoms. The maximum atomic E-state index is 11.7. The van der Waals surface area contributed by atoms with Gasteiger partial charge in [0.2, 0.25) is 5.91 Å². The second-order valence-corrected chi connectivity index (χ2v) is 4.71. The fourth-order valence-corrected chi connectivity index (χ4v) is 2.17. The molecule has 1 aliphatic rings. The van der Waals surface area contributed by atoms with E-state index < -0.39 is 0 Å². The van der Waals surface area contributed by atoms with E-state index in [1.54, 1.807) is 0 Å². The minimum atomic E-state index is 0.0572. The number of aryl methyl sites for hydroxylation is 2. The third kappa shape index (κ3) is 1.96. The highest BCUT2D eigenvalue weighted by Crippen LogP contribution is 2.30. The van der Waals surface area contributed by atoms with Crippen LogP contribution < -0.4 is 5.32 Å². The first-order valence-corrected chi connectivity index (χ1v) is 5.81. The molecule has 1 heterocycles. The third-order valence-corrected chi connectivity index (χ3v) is 3.30. The van der Waals surface area contributed by atoms with Crippen LogP contribution in [0.5, 0.6) is 0 Å². The SMILES string of the molecule is Cc1nn(C)c(C)c1[C@H](C)NC(=O)C1CC1. The molecule has 0 saturated heterocycles. The van der Waals surface area contributed by atoms with Gasteiger partial charge < -0.3 is 5.32 Å². The number of rotatable bonds is 3. The maximum Gasteiger partial charge on any atom is 0.223 e. The number of carbonyl (C=O) groups excluding carboxylic acids is 1. The number of amides is 1. The van der Waals surface area contributed by atoms with E-state index in [0.29, 0.717) is 0 Å². The minimum absolute atomic E-state index is 0.0572. The average molecular weight is 221 g/mol. The van der Waals surface area contributed by atoms with E-state index in [4.69, 9.17) is 0 Å². The molecule has 0 radical (unpaired) electrons. The summed E-state index contributed by atoms with van der Waals surface area (Å²) in [6, 6.07) is 0.0572. The summed E-state index contributed by atoms with van der Waals surface area (Å²) in [6.45, 7) is 6.05. The number of carbonyl (C=O) groups is 1. The van der Waals surface area contributed by atoms with Crippen molar-refractivity contribution >= 4 is 5.91 Å². The van der Waals surface area contributed by atoms with Crippen LogP contribution in [0.4, 0.5) is 0 Å². The van der Waals surface area contributed by atoms with Crippen LogP contribution in [-0.4, -0.2) is 15.7 Å². The van der Waals surface area contributed by atoms with Crippen molar-refractivity contribution in [2.24, 2.45) is 13.0 Å². The monoisotopic (exact) mass is 221 g/mol. The first-order valence-electron chi connectivity index (χ1n) is 5.81. The van der Waals surface area contributed by atoms with Crippen molar-refractivity contribution in [3.63, 3.8) is 0 Å². The van der Waals surface area contributed by atoms with Crippen molar-refractivity contribution in [2.75, 3.05) is 0 Å². The van der Waals surface area contributed by atoms with Gasteiger partial charge in [-0.05, 0) is 33.6 Å². The van der Waals surface area contributed by atoms with Crippen LogP contribution in [0, 0.1) is 19.8 Å². The van der Waals surface area contributed by atoms with Gasteiger partial charge in [0.25, 0.3) is 0 Å². The average Bonchev–Trinajstić information content (AvgIpc) is 2.96. The largest absolute Gasteiger partial charge is 0.349 e. The van der Waals surface area contributed by atoms with Gasteiger partial charge in [0.05, 0.1) is 11.7 Å². The number of hydrogen-bond acceptors (Lipinski definition) is 2. The van der Waals surface area contributed by atoms with Gasteiger partial charge in [-0.15, -0.1) is 0 Å². The Labute approximate surface area is 96.0 Å². The van der Waals surface area contributed by atoms with Crippen LogP contribution in [0.25, 0.3) is 0 Å². The lowest BCUT2D eigenvalue weighted by atomic mass is 10.1. The van der Waals surface area contributed by atoms with Gasteiger partial charge in [-0.1, -0.05) is 0 Å². The maximum absolute atomic E-state index is 11.7. The zero-order valence-corrected chi connectivity index (χ0v) is 10.4. The number of nitrogens with one attached hydrogen (secondary N) is 1. The highest BCUT2D eigenvalue weighted by Gasteiger charge is 2.31. The van der Waals surface area contributed by atoms with Crippen LogP contribution in [0.1, 0.15) is 42.8 Å². The summed E-state index contributed by atoms with van der Waals surface area (Å²) >= 11 is 0. The van der Waals surface area contributed by atoms with Gasteiger partial charge in [0, 0.05) is 24.2 Å². The Morgan fingerprint density at radius 1 is 1.50 bits per heavy atom. The van der Waals surface area contributed by atoms with Crippen LogP contribution in [0.3, 0.4) is 0 Å². The van der Waals surface area contributed by atoms with Gasteiger partial charge in [0.15, 0.2) is 0 Å². The molecule has 1 aliphatic carbocycles. The first-order chi connectivity index (χ1) is 7.50. The first kappa shape index (κ1) is 11.2. The van der Waals surface area contributed by atoms with E-state index in [0.717, 1.165) is 29.8 Å². The minimum Gasteiger partial charge on any atom is -0.349 e. The molecule has 2 rings (SSSR count). The molecule has 1 amide bonds. The van der Waals surface area contributed by atoms with Crippen molar-refractivity contribution < 1.29 is 4.79 Å². The molecule has 1 fully saturated rings. The van der Waals surface area contributed by atoms with Crippen LogP contribution in [0.2, 0.25) is 0 Å². The highest BCUT2D eigenvalue weighted by atomic mass is 16.2. The molecule has 1 N–H and O–H groups in total. The molecule has 4 nitrogen and oxygen atoms in total. The molecule has 1 atom stereocenters. The van der Waals surface area contributed by atoms with Crippen molar-refractivity contribution in [3.8, 4) is 0 Å². The van der Waals surface area contributed by atoms with Crippen LogP contribution in [0.15, 0.2) is 0 Å². The summed E-state index contributed by atoms with van der Waals surface area (Å²) < 4.78 is 1.87. The summed E-state index contributed by atoms with van der Waals surface area (Å²) in [7, 11) is 1.93. The zero-order valence-electron chi connectivity index (χ0n) is 10.4. The fourth-order valence-electron chi connectivity index (χ4n) is 2.17. The lowest BCUT2D eigenvalue weighted by Gasteiger charge is -2.14. The second kappa shape index (κ2) is 3.92. The number of hydrogen-bond donors (Lipinski definition) is 1. The molecule has 0 aliphatic heterocycles.